The average molecular weight is 458 g/mol. The molecule has 2 heterocycles. The molecule has 1 saturated carbocycles. The maximum Gasteiger partial charge on any atom is 0.271 e. The largest absolute Gasteiger partial charge is 0.496 e. The molecule has 2 aliphatic rings. The van der Waals surface area contributed by atoms with E-state index in [2.05, 4.69) is 5.32 Å². The number of carbonyl (C=O) groups is 2. The van der Waals surface area contributed by atoms with Crippen molar-refractivity contribution >= 4 is 22.7 Å². The molecule has 1 aromatic heterocycles. The van der Waals surface area contributed by atoms with Crippen LogP contribution in [0, 0.1) is 0 Å². The molecule has 0 radical (unpaired) electrons. The lowest BCUT2D eigenvalue weighted by Crippen LogP contribution is -2.65. The minimum absolute atomic E-state index is 0.103. The Bertz CT molecular complexity index is 1030. The first kappa shape index (κ1) is 23.4. The molecule has 8 heteroatoms. The minimum atomic E-state index is -1.03. The van der Waals surface area contributed by atoms with E-state index in [1.165, 1.54) is 0 Å². The van der Waals surface area contributed by atoms with Crippen LogP contribution in [0.2, 0.25) is 0 Å². The van der Waals surface area contributed by atoms with E-state index in [1.807, 2.05) is 36.6 Å². The summed E-state index contributed by atoms with van der Waals surface area (Å²) in [6.07, 6.45) is 4.90. The number of hydrogen-bond acceptors (Lipinski definition) is 5. The fourth-order valence-electron chi connectivity index (χ4n) is 5.19. The van der Waals surface area contributed by atoms with Gasteiger partial charge in [0.1, 0.15) is 22.7 Å². The summed E-state index contributed by atoms with van der Waals surface area (Å²) in [5.41, 5.74) is 0.281. The fourth-order valence-corrected chi connectivity index (χ4v) is 5.19. The molecule has 2 aromatic rings. The molecule has 180 valence electrons. The van der Waals surface area contributed by atoms with Crippen molar-refractivity contribution in [1.82, 2.24) is 14.8 Å². The van der Waals surface area contributed by atoms with Gasteiger partial charge in [0, 0.05) is 31.2 Å². The van der Waals surface area contributed by atoms with Gasteiger partial charge < -0.3 is 29.0 Å². The third-order valence-electron chi connectivity index (χ3n) is 7.00. The molecule has 1 aromatic carbocycles. The van der Waals surface area contributed by atoms with Crippen molar-refractivity contribution in [3.63, 3.8) is 0 Å². The van der Waals surface area contributed by atoms with Crippen LogP contribution >= 0.6 is 0 Å². The van der Waals surface area contributed by atoms with Crippen LogP contribution in [0.5, 0.6) is 11.5 Å². The standard InChI is InChI=1S/C25H35N3O5/c1-5-33-14-8-13-28-23(29)19-15-18-20(31-3)11-12-21(32-4)22(18)27(19)16-25(28,2)24(30)26-17-9-6-7-10-17/h11-12,15,17H,5-10,13-14,16H2,1-4H3,(H,26,30). The van der Waals surface area contributed by atoms with E-state index in [0.717, 1.165) is 36.6 Å². The van der Waals surface area contributed by atoms with Gasteiger partial charge in [-0.25, -0.2) is 0 Å². The number of fused-ring (bicyclic) bond motifs is 3. The summed E-state index contributed by atoms with van der Waals surface area (Å²) in [7, 11) is 3.22. The summed E-state index contributed by atoms with van der Waals surface area (Å²) >= 11 is 0. The van der Waals surface area contributed by atoms with Gasteiger partial charge in [-0.05, 0) is 51.3 Å². The van der Waals surface area contributed by atoms with Gasteiger partial charge in [-0.3, -0.25) is 9.59 Å². The number of carbonyl (C=O) groups excluding carboxylic acids is 2. The minimum Gasteiger partial charge on any atom is -0.496 e. The number of hydrogen-bond donors (Lipinski definition) is 1. The molecule has 1 N–H and O–H groups in total. The van der Waals surface area contributed by atoms with Gasteiger partial charge in [-0.2, -0.15) is 0 Å². The van der Waals surface area contributed by atoms with Crippen LogP contribution < -0.4 is 14.8 Å². The third kappa shape index (κ3) is 4.16. The molecule has 0 spiro atoms. The Morgan fingerprint density at radius 1 is 1.18 bits per heavy atom. The highest BCUT2D eigenvalue weighted by molar-refractivity contribution is 6.05. The second kappa shape index (κ2) is 9.63. The molecule has 0 bridgehead atoms. The summed E-state index contributed by atoms with van der Waals surface area (Å²) in [4.78, 5) is 29.2. The smallest absolute Gasteiger partial charge is 0.271 e. The highest BCUT2D eigenvalue weighted by Gasteiger charge is 2.48. The summed E-state index contributed by atoms with van der Waals surface area (Å²) in [5, 5.41) is 4.03. The number of rotatable bonds is 9. The SMILES string of the molecule is CCOCCCN1C(=O)c2cc3c(OC)ccc(OC)c3n2CC1(C)C(=O)NC1CCCC1. The zero-order valence-electron chi connectivity index (χ0n) is 20.1. The fraction of sp³-hybridized carbons (Fsp3) is 0.600. The van der Waals surface area contributed by atoms with Crippen LogP contribution in [0.1, 0.15) is 56.4 Å². The Hall–Kier alpha value is -2.74. The molecule has 8 nitrogen and oxygen atoms in total. The molecule has 1 atom stereocenters. The van der Waals surface area contributed by atoms with E-state index in [-0.39, 0.29) is 17.9 Å². The van der Waals surface area contributed by atoms with Gasteiger partial charge in [0.2, 0.25) is 5.91 Å². The lowest BCUT2D eigenvalue weighted by Gasteiger charge is -2.44. The highest BCUT2D eigenvalue weighted by atomic mass is 16.5. The normalized spacial score (nSPS) is 20.8. The Labute approximate surface area is 195 Å². The first-order valence-electron chi connectivity index (χ1n) is 11.9. The van der Waals surface area contributed by atoms with Crippen LogP contribution in [0.4, 0.5) is 0 Å². The molecule has 1 fully saturated rings. The molecular weight excluding hydrogens is 422 g/mol. The van der Waals surface area contributed by atoms with E-state index in [0.29, 0.717) is 49.9 Å². The van der Waals surface area contributed by atoms with Gasteiger partial charge in [0.15, 0.2) is 0 Å². The Kier molecular flexibility index (Phi) is 6.83. The van der Waals surface area contributed by atoms with Crippen molar-refractivity contribution in [1.29, 1.82) is 0 Å². The first-order chi connectivity index (χ1) is 15.9. The van der Waals surface area contributed by atoms with Gasteiger partial charge in [-0.1, -0.05) is 12.8 Å². The van der Waals surface area contributed by atoms with Crippen molar-refractivity contribution in [3.05, 3.63) is 23.9 Å². The van der Waals surface area contributed by atoms with Crippen LogP contribution in [0.3, 0.4) is 0 Å². The first-order valence-corrected chi connectivity index (χ1v) is 11.9. The van der Waals surface area contributed by atoms with Crippen LogP contribution in [0.15, 0.2) is 18.2 Å². The van der Waals surface area contributed by atoms with Crippen molar-refractivity contribution in [2.75, 3.05) is 34.0 Å². The monoisotopic (exact) mass is 457 g/mol. The Morgan fingerprint density at radius 3 is 2.55 bits per heavy atom. The zero-order valence-corrected chi connectivity index (χ0v) is 20.1. The second-order valence-electron chi connectivity index (χ2n) is 9.08. The van der Waals surface area contributed by atoms with Crippen molar-refractivity contribution in [2.45, 2.75) is 64.1 Å². The van der Waals surface area contributed by atoms with E-state index in [1.54, 1.807) is 19.1 Å². The summed E-state index contributed by atoms with van der Waals surface area (Å²) < 4.78 is 18.6. The highest BCUT2D eigenvalue weighted by Crippen LogP contribution is 2.40. The summed E-state index contributed by atoms with van der Waals surface area (Å²) in [6, 6.07) is 5.70. The number of ether oxygens (including phenoxy) is 3. The van der Waals surface area contributed by atoms with Crippen LogP contribution in [-0.2, 0) is 16.1 Å². The number of aromatic nitrogens is 1. The van der Waals surface area contributed by atoms with Gasteiger partial charge in [-0.15, -0.1) is 0 Å². The molecule has 0 saturated heterocycles. The number of methoxy groups -OCH3 is 2. The van der Waals surface area contributed by atoms with E-state index in [4.69, 9.17) is 14.2 Å². The Balaban J connectivity index is 1.77. The maximum atomic E-state index is 13.8. The number of nitrogens with zero attached hydrogens (tertiary/aromatic N) is 2. The predicted molar refractivity (Wildman–Crippen MR) is 126 cm³/mol. The lowest BCUT2D eigenvalue weighted by molar-refractivity contribution is -0.133. The number of nitrogens with one attached hydrogen (secondary N) is 1. The topological polar surface area (TPSA) is 82.0 Å². The summed E-state index contributed by atoms with van der Waals surface area (Å²) in [5.74, 6) is 1.05. The molecule has 1 aliphatic heterocycles. The summed E-state index contributed by atoms with van der Waals surface area (Å²) in [6.45, 7) is 5.78. The third-order valence-corrected chi connectivity index (χ3v) is 7.00. The van der Waals surface area contributed by atoms with E-state index in [9.17, 15) is 9.59 Å². The van der Waals surface area contributed by atoms with Gasteiger partial charge in [0.25, 0.3) is 5.91 Å². The van der Waals surface area contributed by atoms with E-state index < -0.39 is 5.54 Å². The van der Waals surface area contributed by atoms with Crippen LogP contribution in [-0.4, -0.2) is 66.8 Å². The lowest BCUT2D eigenvalue weighted by atomic mass is 9.93. The quantitative estimate of drug-likeness (QED) is 0.584. The molecule has 33 heavy (non-hydrogen) atoms. The molecule has 4 rings (SSSR count). The Morgan fingerprint density at radius 2 is 1.88 bits per heavy atom. The number of amides is 2. The van der Waals surface area contributed by atoms with Gasteiger partial charge >= 0.3 is 0 Å². The van der Waals surface area contributed by atoms with Gasteiger partial charge in [0.05, 0.1) is 26.3 Å². The van der Waals surface area contributed by atoms with Crippen LogP contribution in [0.25, 0.3) is 10.9 Å². The van der Waals surface area contributed by atoms with E-state index >= 15 is 0 Å². The second-order valence-corrected chi connectivity index (χ2v) is 9.08. The zero-order chi connectivity index (χ0) is 23.6. The molecule has 1 unspecified atom stereocenters. The average Bonchev–Trinajstić information content (AvgIpc) is 3.46. The van der Waals surface area contributed by atoms with Crippen molar-refractivity contribution < 1.29 is 23.8 Å². The number of benzene rings is 1. The molecular formula is C25H35N3O5. The molecule has 2 amide bonds. The maximum absolute atomic E-state index is 13.8. The molecule has 1 aliphatic carbocycles. The van der Waals surface area contributed by atoms with Crippen molar-refractivity contribution in [3.8, 4) is 11.5 Å². The predicted octanol–water partition coefficient (Wildman–Crippen LogP) is 3.36. The van der Waals surface area contributed by atoms with Crippen molar-refractivity contribution in [2.24, 2.45) is 0 Å².